The van der Waals surface area contributed by atoms with Crippen molar-refractivity contribution in [2.24, 2.45) is 0 Å². The number of ether oxygens (including phenoxy) is 4. The summed E-state index contributed by atoms with van der Waals surface area (Å²) in [6, 6.07) is 8.49. The molecule has 0 saturated carbocycles. The van der Waals surface area contributed by atoms with Crippen molar-refractivity contribution < 1.29 is 33.5 Å². The molecule has 146 valence electrons. The largest absolute Gasteiger partial charge is 0.486 e. The van der Waals surface area contributed by atoms with Gasteiger partial charge in [0, 0.05) is 17.8 Å². The van der Waals surface area contributed by atoms with E-state index in [0.29, 0.717) is 30.4 Å². The standard InChI is InChI=1S/C18H16N2O8/c1-25-18(22)11-2-4-14(13(8-11)20(23)24)28-10-17(21)19-12-3-5-15-16(9-12)27-7-6-26-15/h2-5,8-9H,6-7,10H2,1H3,(H,19,21). The Kier molecular flexibility index (Phi) is 5.58. The van der Waals surface area contributed by atoms with Crippen LogP contribution in [0.15, 0.2) is 36.4 Å². The van der Waals surface area contributed by atoms with Gasteiger partial charge < -0.3 is 24.3 Å². The number of nitrogens with zero attached hydrogens (tertiary/aromatic N) is 1. The van der Waals surface area contributed by atoms with Gasteiger partial charge in [0.1, 0.15) is 13.2 Å². The summed E-state index contributed by atoms with van der Waals surface area (Å²) in [6.07, 6.45) is 0. The van der Waals surface area contributed by atoms with Crippen molar-refractivity contribution in [3.63, 3.8) is 0 Å². The fraction of sp³-hybridized carbons (Fsp3) is 0.222. The quantitative estimate of drug-likeness (QED) is 0.453. The second-order valence-electron chi connectivity index (χ2n) is 5.63. The van der Waals surface area contributed by atoms with Crippen LogP contribution in [0.3, 0.4) is 0 Å². The van der Waals surface area contributed by atoms with Crippen molar-refractivity contribution in [3.05, 3.63) is 52.1 Å². The Morgan fingerprint density at radius 3 is 2.61 bits per heavy atom. The number of fused-ring (bicyclic) bond motifs is 1. The highest BCUT2D eigenvalue weighted by Crippen LogP contribution is 2.32. The maximum atomic E-state index is 12.1. The average molecular weight is 388 g/mol. The van der Waals surface area contributed by atoms with Crippen LogP contribution in [0, 0.1) is 10.1 Å². The Morgan fingerprint density at radius 1 is 1.14 bits per heavy atom. The van der Waals surface area contributed by atoms with Gasteiger partial charge in [-0.2, -0.15) is 0 Å². The van der Waals surface area contributed by atoms with Crippen LogP contribution in [-0.2, 0) is 9.53 Å². The van der Waals surface area contributed by atoms with Crippen molar-refractivity contribution in [1.82, 2.24) is 0 Å². The summed E-state index contributed by atoms with van der Waals surface area (Å²) in [7, 11) is 1.17. The molecule has 2 aromatic rings. The highest BCUT2D eigenvalue weighted by Gasteiger charge is 2.20. The molecule has 1 aliphatic rings. The number of benzene rings is 2. The van der Waals surface area contributed by atoms with Crippen molar-refractivity contribution in [1.29, 1.82) is 0 Å². The molecule has 10 heteroatoms. The minimum Gasteiger partial charge on any atom is -0.486 e. The number of amides is 1. The molecular weight excluding hydrogens is 372 g/mol. The van der Waals surface area contributed by atoms with Crippen LogP contribution in [0.5, 0.6) is 17.2 Å². The van der Waals surface area contributed by atoms with E-state index in [0.717, 1.165) is 6.07 Å². The van der Waals surface area contributed by atoms with Crippen LogP contribution in [0.1, 0.15) is 10.4 Å². The van der Waals surface area contributed by atoms with Gasteiger partial charge in [-0.25, -0.2) is 4.79 Å². The number of hydrogen-bond donors (Lipinski definition) is 1. The first-order valence-corrected chi connectivity index (χ1v) is 8.17. The molecule has 0 saturated heterocycles. The summed E-state index contributed by atoms with van der Waals surface area (Å²) in [5.74, 6) is -0.287. The molecule has 3 rings (SSSR count). The number of rotatable bonds is 6. The Bertz CT molecular complexity index is 928. The number of carbonyl (C=O) groups excluding carboxylic acids is 2. The number of anilines is 1. The molecule has 1 amide bonds. The maximum absolute atomic E-state index is 12.1. The molecule has 0 aliphatic carbocycles. The molecule has 0 bridgehead atoms. The monoisotopic (exact) mass is 388 g/mol. The normalized spacial score (nSPS) is 12.0. The maximum Gasteiger partial charge on any atom is 0.338 e. The first-order valence-electron chi connectivity index (χ1n) is 8.17. The predicted octanol–water partition coefficient (Wildman–Crippen LogP) is 2.17. The SMILES string of the molecule is COC(=O)c1ccc(OCC(=O)Nc2ccc3c(c2)OCCO3)c([N+](=O)[O-])c1. The van der Waals surface area contributed by atoms with E-state index in [-0.39, 0.29) is 11.3 Å². The highest BCUT2D eigenvalue weighted by atomic mass is 16.6. The smallest absolute Gasteiger partial charge is 0.338 e. The van der Waals surface area contributed by atoms with Crippen LogP contribution in [0.4, 0.5) is 11.4 Å². The summed E-state index contributed by atoms with van der Waals surface area (Å²) < 4.78 is 20.6. The number of esters is 1. The third-order valence-corrected chi connectivity index (χ3v) is 3.76. The Hall–Kier alpha value is -3.82. The minimum atomic E-state index is -0.717. The first kappa shape index (κ1) is 19.0. The average Bonchev–Trinajstić information content (AvgIpc) is 2.71. The van der Waals surface area contributed by atoms with Crippen molar-refractivity contribution in [2.45, 2.75) is 0 Å². The summed E-state index contributed by atoms with van der Waals surface area (Å²) >= 11 is 0. The highest BCUT2D eigenvalue weighted by molar-refractivity contribution is 5.92. The summed E-state index contributed by atoms with van der Waals surface area (Å²) in [4.78, 5) is 34.1. The molecule has 10 nitrogen and oxygen atoms in total. The first-order chi connectivity index (χ1) is 13.5. The van der Waals surface area contributed by atoms with Crippen LogP contribution < -0.4 is 19.5 Å². The number of nitrogens with one attached hydrogen (secondary N) is 1. The van der Waals surface area contributed by atoms with E-state index in [1.807, 2.05) is 0 Å². The van der Waals surface area contributed by atoms with Crippen molar-refractivity contribution in [2.75, 3.05) is 32.2 Å². The Morgan fingerprint density at radius 2 is 1.89 bits per heavy atom. The van der Waals surface area contributed by atoms with E-state index in [1.54, 1.807) is 18.2 Å². The summed E-state index contributed by atoms with van der Waals surface area (Å²) in [5.41, 5.74) is 0.0192. The van der Waals surface area contributed by atoms with E-state index in [1.165, 1.54) is 19.2 Å². The van der Waals surface area contributed by atoms with Gasteiger partial charge in [-0.3, -0.25) is 14.9 Å². The molecule has 0 unspecified atom stereocenters. The van der Waals surface area contributed by atoms with Crippen LogP contribution >= 0.6 is 0 Å². The molecular formula is C18H16N2O8. The number of methoxy groups -OCH3 is 1. The molecule has 0 radical (unpaired) electrons. The van der Waals surface area contributed by atoms with E-state index >= 15 is 0 Å². The van der Waals surface area contributed by atoms with Crippen molar-refractivity contribution >= 4 is 23.3 Å². The molecule has 1 N–H and O–H groups in total. The third kappa shape index (κ3) is 4.29. The number of hydrogen-bond acceptors (Lipinski definition) is 8. The summed E-state index contributed by atoms with van der Waals surface area (Å²) in [5, 5.41) is 13.8. The molecule has 0 spiro atoms. The Balaban J connectivity index is 1.65. The topological polar surface area (TPSA) is 126 Å². The molecule has 0 atom stereocenters. The fourth-order valence-corrected chi connectivity index (χ4v) is 2.49. The molecule has 1 aliphatic heterocycles. The number of nitro groups is 1. The molecule has 1 heterocycles. The molecule has 0 aromatic heterocycles. The lowest BCUT2D eigenvalue weighted by Crippen LogP contribution is -2.21. The van der Waals surface area contributed by atoms with E-state index < -0.39 is 29.1 Å². The number of carbonyl (C=O) groups is 2. The van der Waals surface area contributed by atoms with Crippen LogP contribution in [0.2, 0.25) is 0 Å². The fourth-order valence-electron chi connectivity index (χ4n) is 2.49. The Labute approximate surface area is 159 Å². The van der Waals surface area contributed by atoms with Gasteiger partial charge in [0.05, 0.1) is 17.6 Å². The zero-order valence-corrected chi connectivity index (χ0v) is 14.8. The van der Waals surface area contributed by atoms with Gasteiger partial charge in [0.15, 0.2) is 23.9 Å². The zero-order chi connectivity index (χ0) is 20.1. The van der Waals surface area contributed by atoms with E-state index in [2.05, 4.69) is 10.1 Å². The second kappa shape index (κ2) is 8.25. The van der Waals surface area contributed by atoms with Crippen LogP contribution in [0.25, 0.3) is 0 Å². The van der Waals surface area contributed by atoms with E-state index in [4.69, 9.17) is 14.2 Å². The minimum absolute atomic E-state index is 0.00211. The van der Waals surface area contributed by atoms with E-state index in [9.17, 15) is 19.7 Å². The van der Waals surface area contributed by atoms with Gasteiger partial charge >= 0.3 is 11.7 Å². The van der Waals surface area contributed by atoms with Gasteiger partial charge in [-0.1, -0.05) is 0 Å². The van der Waals surface area contributed by atoms with Crippen molar-refractivity contribution in [3.8, 4) is 17.2 Å². The van der Waals surface area contributed by atoms with Gasteiger partial charge in [-0.15, -0.1) is 0 Å². The zero-order valence-electron chi connectivity index (χ0n) is 14.8. The lowest BCUT2D eigenvalue weighted by molar-refractivity contribution is -0.385. The molecule has 28 heavy (non-hydrogen) atoms. The van der Waals surface area contributed by atoms with Gasteiger partial charge in [-0.05, 0) is 24.3 Å². The summed E-state index contributed by atoms with van der Waals surface area (Å²) in [6.45, 7) is 0.408. The molecule has 2 aromatic carbocycles. The second-order valence-corrected chi connectivity index (χ2v) is 5.63. The third-order valence-electron chi connectivity index (χ3n) is 3.76. The van der Waals surface area contributed by atoms with Gasteiger partial charge in [0.2, 0.25) is 0 Å². The predicted molar refractivity (Wildman–Crippen MR) is 96.0 cm³/mol. The lowest BCUT2D eigenvalue weighted by Gasteiger charge is -2.19. The lowest BCUT2D eigenvalue weighted by atomic mass is 10.2. The number of nitro benzene ring substituents is 1. The van der Waals surface area contributed by atoms with Gasteiger partial charge in [0.25, 0.3) is 5.91 Å². The molecule has 0 fully saturated rings. The van der Waals surface area contributed by atoms with Crippen LogP contribution in [-0.4, -0.2) is 43.7 Å².